The molecule has 2 amide bonds. The van der Waals surface area contributed by atoms with Gasteiger partial charge in [-0.3, -0.25) is 9.59 Å². The first-order valence-corrected chi connectivity index (χ1v) is 11.0. The van der Waals surface area contributed by atoms with Crippen LogP contribution in [0.1, 0.15) is 23.2 Å². The van der Waals surface area contributed by atoms with Gasteiger partial charge in [0.2, 0.25) is 11.8 Å². The molecule has 0 saturated carbocycles. The maximum Gasteiger partial charge on any atom is 0.226 e. The molecular weight excluding hydrogens is 402 g/mol. The van der Waals surface area contributed by atoms with Crippen LogP contribution in [0, 0.1) is 13.8 Å². The molecule has 0 bridgehead atoms. The van der Waals surface area contributed by atoms with Crippen LogP contribution in [0.5, 0.6) is 0 Å². The van der Waals surface area contributed by atoms with E-state index in [2.05, 4.69) is 15.6 Å². The minimum Gasteiger partial charge on any atom is -0.355 e. The van der Waals surface area contributed by atoms with Crippen molar-refractivity contribution in [2.75, 3.05) is 11.9 Å². The Morgan fingerprint density at radius 3 is 2.55 bits per heavy atom. The van der Waals surface area contributed by atoms with Crippen LogP contribution in [0.3, 0.4) is 0 Å². The molecular formula is C22H23N3O2S2. The molecule has 0 radical (unpaired) electrons. The summed E-state index contributed by atoms with van der Waals surface area (Å²) in [6, 6.07) is 15.5. The number of carbonyl (C=O) groups is 2. The fraction of sp³-hybridized carbons (Fsp3) is 0.227. The molecule has 3 aromatic rings. The van der Waals surface area contributed by atoms with E-state index in [9.17, 15) is 9.59 Å². The van der Waals surface area contributed by atoms with Crippen molar-refractivity contribution in [2.45, 2.75) is 35.9 Å². The maximum absolute atomic E-state index is 12.2. The molecule has 2 N–H and O–H groups in total. The first-order chi connectivity index (χ1) is 14.0. The Kier molecular flexibility index (Phi) is 7.43. The molecule has 0 fully saturated rings. The fourth-order valence-electron chi connectivity index (χ4n) is 2.69. The number of anilines is 1. The highest BCUT2D eigenvalue weighted by Gasteiger charge is 2.09. The number of nitrogens with one attached hydrogen (secondary N) is 2. The first-order valence-electron chi connectivity index (χ1n) is 9.31. The monoisotopic (exact) mass is 425 g/mol. The molecule has 0 unspecified atom stereocenters. The van der Waals surface area contributed by atoms with Crippen molar-refractivity contribution in [1.82, 2.24) is 10.3 Å². The molecule has 0 spiro atoms. The Morgan fingerprint density at radius 1 is 1.07 bits per heavy atom. The van der Waals surface area contributed by atoms with Crippen molar-refractivity contribution in [3.05, 3.63) is 70.7 Å². The highest BCUT2D eigenvalue weighted by molar-refractivity contribution is 8.01. The van der Waals surface area contributed by atoms with E-state index in [1.807, 2.05) is 67.8 Å². The lowest BCUT2D eigenvalue weighted by atomic mass is 10.1. The largest absolute Gasteiger partial charge is 0.355 e. The van der Waals surface area contributed by atoms with E-state index in [1.54, 1.807) is 23.1 Å². The smallest absolute Gasteiger partial charge is 0.226 e. The maximum atomic E-state index is 12.2. The highest BCUT2D eigenvalue weighted by Crippen LogP contribution is 2.32. The quantitative estimate of drug-likeness (QED) is 0.553. The van der Waals surface area contributed by atoms with Crippen LogP contribution in [0.25, 0.3) is 0 Å². The standard InChI is InChI=1S/C22H23N3O2S2/c1-15-12-18(29-22-24-16(2)14-28-22)8-9-19(15)25-20(26)10-11-23-21(27)13-17-6-4-3-5-7-17/h3-9,12,14H,10-11,13H2,1-2H3,(H,23,27)(H,25,26). The highest BCUT2D eigenvalue weighted by atomic mass is 32.2. The normalized spacial score (nSPS) is 10.6. The summed E-state index contributed by atoms with van der Waals surface area (Å²) >= 11 is 3.24. The summed E-state index contributed by atoms with van der Waals surface area (Å²) < 4.78 is 1.00. The van der Waals surface area contributed by atoms with E-state index < -0.39 is 0 Å². The summed E-state index contributed by atoms with van der Waals surface area (Å²) in [5.41, 5.74) is 3.75. The second-order valence-corrected chi connectivity index (χ2v) is 8.82. The van der Waals surface area contributed by atoms with Crippen molar-refractivity contribution in [3.8, 4) is 0 Å². The van der Waals surface area contributed by atoms with Gasteiger partial charge in [0.25, 0.3) is 0 Å². The predicted octanol–water partition coefficient (Wildman–Crippen LogP) is 4.60. The van der Waals surface area contributed by atoms with Crippen molar-refractivity contribution in [2.24, 2.45) is 0 Å². The van der Waals surface area contributed by atoms with Gasteiger partial charge in [-0.15, -0.1) is 11.3 Å². The molecule has 5 nitrogen and oxygen atoms in total. The van der Waals surface area contributed by atoms with E-state index in [-0.39, 0.29) is 18.2 Å². The summed E-state index contributed by atoms with van der Waals surface area (Å²) in [5.74, 6) is -0.206. The minimum absolute atomic E-state index is 0.0843. The number of carbonyl (C=O) groups excluding carboxylic acids is 2. The number of aromatic nitrogens is 1. The van der Waals surface area contributed by atoms with E-state index in [0.717, 1.165) is 31.7 Å². The number of hydrogen-bond acceptors (Lipinski definition) is 5. The first kappa shape index (κ1) is 21.1. The lowest BCUT2D eigenvalue weighted by Crippen LogP contribution is -2.28. The number of amides is 2. The zero-order chi connectivity index (χ0) is 20.6. The molecule has 7 heteroatoms. The van der Waals surface area contributed by atoms with Crippen LogP contribution < -0.4 is 10.6 Å². The van der Waals surface area contributed by atoms with Gasteiger partial charge in [-0.1, -0.05) is 42.1 Å². The van der Waals surface area contributed by atoms with Crippen LogP contribution in [0.4, 0.5) is 5.69 Å². The van der Waals surface area contributed by atoms with Crippen molar-refractivity contribution < 1.29 is 9.59 Å². The summed E-state index contributed by atoms with van der Waals surface area (Å²) in [7, 11) is 0. The Hall–Kier alpha value is -2.64. The molecule has 3 rings (SSSR count). The van der Waals surface area contributed by atoms with Crippen LogP contribution >= 0.6 is 23.1 Å². The Morgan fingerprint density at radius 2 is 1.86 bits per heavy atom. The van der Waals surface area contributed by atoms with Crippen LogP contribution in [-0.2, 0) is 16.0 Å². The zero-order valence-electron chi connectivity index (χ0n) is 16.4. The van der Waals surface area contributed by atoms with E-state index in [0.29, 0.717) is 13.0 Å². The van der Waals surface area contributed by atoms with Crippen LogP contribution in [-0.4, -0.2) is 23.3 Å². The SMILES string of the molecule is Cc1csc(Sc2ccc(NC(=O)CCNC(=O)Cc3ccccc3)c(C)c2)n1. The second-order valence-electron chi connectivity index (χ2n) is 6.64. The lowest BCUT2D eigenvalue weighted by molar-refractivity contribution is -0.120. The van der Waals surface area contributed by atoms with Crippen molar-refractivity contribution >= 4 is 40.6 Å². The van der Waals surface area contributed by atoms with Crippen LogP contribution in [0.2, 0.25) is 0 Å². The molecule has 0 aliphatic carbocycles. The number of thiazole rings is 1. The minimum atomic E-state index is -0.121. The second kappa shape index (κ2) is 10.2. The third kappa shape index (κ3) is 6.73. The van der Waals surface area contributed by atoms with Gasteiger partial charge in [0.1, 0.15) is 0 Å². The van der Waals surface area contributed by atoms with Gasteiger partial charge in [-0.05, 0) is 43.2 Å². The summed E-state index contributed by atoms with van der Waals surface area (Å²) in [5, 5.41) is 7.74. The molecule has 2 aromatic carbocycles. The average Bonchev–Trinajstić information content (AvgIpc) is 3.09. The number of aryl methyl sites for hydroxylation is 2. The van der Waals surface area contributed by atoms with E-state index in [1.165, 1.54) is 0 Å². The Balaban J connectivity index is 1.44. The molecule has 150 valence electrons. The van der Waals surface area contributed by atoms with Gasteiger partial charge < -0.3 is 10.6 Å². The van der Waals surface area contributed by atoms with Crippen LogP contribution in [0.15, 0.2) is 63.1 Å². The topological polar surface area (TPSA) is 71.1 Å². The molecule has 1 aromatic heterocycles. The van der Waals surface area contributed by atoms with Gasteiger partial charge in [0.15, 0.2) is 4.34 Å². The summed E-state index contributed by atoms with van der Waals surface area (Å²) in [6.45, 7) is 4.26. The molecule has 0 atom stereocenters. The number of benzene rings is 2. The lowest BCUT2D eigenvalue weighted by Gasteiger charge is -2.10. The Bertz CT molecular complexity index is 987. The third-order valence-corrected chi connectivity index (χ3v) is 6.20. The fourth-order valence-corrected chi connectivity index (χ4v) is 4.60. The molecule has 0 saturated heterocycles. The molecule has 0 aliphatic heterocycles. The molecule has 0 aliphatic rings. The van der Waals surface area contributed by atoms with E-state index >= 15 is 0 Å². The van der Waals surface area contributed by atoms with Gasteiger partial charge in [0, 0.05) is 34.6 Å². The third-order valence-electron chi connectivity index (χ3n) is 4.16. The average molecular weight is 426 g/mol. The Labute approximate surface area is 179 Å². The predicted molar refractivity (Wildman–Crippen MR) is 119 cm³/mol. The number of rotatable bonds is 8. The van der Waals surface area contributed by atoms with Gasteiger partial charge in [-0.25, -0.2) is 4.98 Å². The molecule has 1 heterocycles. The summed E-state index contributed by atoms with van der Waals surface area (Å²) in [4.78, 5) is 29.7. The van der Waals surface area contributed by atoms with Gasteiger partial charge >= 0.3 is 0 Å². The van der Waals surface area contributed by atoms with Gasteiger partial charge in [0.05, 0.1) is 6.42 Å². The zero-order valence-corrected chi connectivity index (χ0v) is 18.0. The summed E-state index contributed by atoms with van der Waals surface area (Å²) in [6.07, 6.45) is 0.550. The van der Waals surface area contributed by atoms with E-state index in [4.69, 9.17) is 0 Å². The van der Waals surface area contributed by atoms with Gasteiger partial charge in [-0.2, -0.15) is 0 Å². The number of nitrogens with zero attached hydrogens (tertiary/aromatic N) is 1. The van der Waals surface area contributed by atoms with Crippen molar-refractivity contribution in [1.29, 1.82) is 0 Å². The molecule has 29 heavy (non-hydrogen) atoms. The number of hydrogen-bond donors (Lipinski definition) is 2. The van der Waals surface area contributed by atoms with Crippen molar-refractivity contribution in [3.63, 3.8) is 0 Å².